The van der Waals surface area contributed by atoms with E-state index in [1.165, 1.54) is 38.5 Å². The van der Waals surface area contributed by atoms with E-state index in [1.54, 1.807) is 0 Å². The second-order valence-corrected chi connectivity index (χ2v) is 16.9. The summed E-state index contributed by atoms with van der Waals surface area (Å²) in [5.41, 5.74) is -0.481. The molecule has 9 nitrogen and oxygen atoms in total. The minimum atomic E-state index is -0.481. The zero-order valence-corrected chi connectivity index (χ0v) is 36.6. The van der Waals surface area contributed by atoms with Crippen LogP contribution >= 0.6 is 0 Å². The molecule has 0 radical (unpaired) electrons. The molecule has 0 saturated carbocycles. The van der Waals surface area contributed by atoms with Gasteiger partial charge in [-0.05, 0) is 85.2 Å². The lowest BCUT2D eigenvalue weighted by molar-refractivity contribution is -0.149. The fraction of sp³-hybridized carbons (Fsp3) is 0.933. The molecule has 54 heavy (non-hydrogen) atoms. The third-order valence-electron chi connectivity index (χ3n) is 10.8. The first-order chi connectivity index (χ1) is 26.0. The number of hydrogen-bond acceptors (Lipinski definition) is 8. The molecule has 0 aromatic rings. The molecule has 9 heteroatoms. The maximum Gasteiger partial charge on any atom is 0.410 e. The minimum Gasteiger partial charge on any atom is -0.465 e. The smallest absolute Gasteiger partial charge is 0.410 e. The van der Waals surface area contributed by atoms with Gasteiger partial charge in [0.15, 0.2) is 0 Å². The summed E-state index contributed by atoms with van der Waals surface area (Å²) in [6.07, 6.45) is 22.3. The summed E-state index contributed by atoms with van der Waals surface area (Å²) in [6, 6.07) is 0. The average molecular weight is 766 g/mol. The van der Waals surface area contributed by atoms with E-state index in [9.17, 15) is 14.4 Å². The Morgan fingerprint density at radius 3 is 1.70 bits per heavy atom. The van der Waals surface area contributed by atoms with Crippen LogP contribution in [0.2, 0.25) is 0 Å². The SMILES string of the molecule is CCCCCCC(CCCC)C(=O)CCOCCCCN(CCCCOC(=O)C(CCCC)CCCCCC)CCN1CCN(C(=O)OC(C)(C)C)CC1. The standard InChI is InChI=1S/C45H87N3O6/c1-8-12-16-18-26-40(24-14-10-3)42(49)28-39-52-37-22-20-29-46(31-32-47-33-35-48(36-34-47)44(51)54-45(5,6)7)30-21-23-38-53-43(50)41(25-15-11-4)27-19-17-13-9-2/h40-41H,8-39H2,1-7H3. The number of carbonyl (C=O) groups excluding carboxylic acids is 3. The van der Waals surface area contributed by atoms with Crippen LogP contribution in [0.3, 0.4) is 0 Å². The van der Waals surface area contributed by atoms with Crippen LogP contribution in [-0.4, -0.2) is 110 Å². The average Bonchev–Trinajstić information content (AvgIpc) is 3.14. The molecule has 1 rings (SSSR count). The van der Waals surface area contributed by atoms with Gasteiger partial charge < -0.3 is 24.0 Å². The van der Waals surface area contributed by atoms with Crippen molar-refractivity contribution in [1.82, 2.24) is 14.7 Å². The number of ether oxygens (including phenoxy) is 3. The van der Waals surface area contributed by atoms with Crippen molar-refractivity contribution in [1.29, 1.82) is 0 Å². The second-order valence-electron chi connectivity index (χ2n) is 16.9. The number of esters is 1. The summed E-state index contributed by atoms with van der Waals surface area (Å²) >= 11 is 0. The quantitative estimate of drug-likeness (QED) is 0.0473. The normalized spacial score (nSPS) is 15.1. The van der Waals surface area contributed by atoms with E-state index in [1.807, 2.05) is 25.7 Å². The van der Waals surface area contributed by atoms with Gasteiger partial charge in [-0.1, -0.05) is 105 Å². The van der Waals surface area contributed by atoms with Gasteiger partial charge >= 0.3 is 12.1 Å². The van der Waals surface area contributed by atoms with Crippen LogP contribution < -0.4 is 0 Å². The minimum absolute atomic E-state index is 0.00693. The molecule has 0 N–H and O–H groups in total. The molecule has 2 atom stereocenters. The fourth-order valence-corrected chi connectivity index (χ4v) is 7.23. The number of nitrogens with zero attached hydrogens (tertiary/aromatic N) is 3. The lowest BCUT2D eigenvalue weighted by atomic mass is 9.90. The number of piperazine rings is 1. The van der Waals surface area contributed by atoms with Crippen molar-refractivity contribution < 1.29 is 28.6 Å². The van der Waals surface area contributed by atoms with E-state index < -0.39 is 5.60 Å². The van der Waals surface area contributed by atoms with Crippen LogP contribution in [0.25, 0.3) is 0 Å². The Morgan fingerprint density at radius 2 is 1.13 bits per heavy atom. The van der Waals surface area contributed by atoms with Crippen molar-refractivity contribution in [3.8, 4) is 0 Å². The molecule has 1 aliphatic rings. The van der Waals surface area contributed by atoms with Crippen LogP contribution in [0.4, 0.5) is 4.79 Å². The molecular formula is C45H87N3O6. The van der Waals surface area contributed by atoms with Gasteiger partial charge in [0.1, 0.15) is 11.4 Å². The molecule has 0 spiro atoms. The molecule has 0 bridgehead atoms. The van der Waals surface area contributed by atoms with E-state index in [0.29, 0.717) is 45.1 Å². The van der Waals surface area contributed by atoms with Gasteiger partial charge in [-0.2, -0.15) is 0 Å². The predicted octanol–water partition coefficient (Wildman–Crippen LogP) is 10.5. The third-order valence-corrected chi connectivity index (χ3v) is 10.8. The highest BCUT2D eigenvalue weighted by Crippen LogP contribution is 2.21. The van der Waals surface area contributed by atoms with E-state index in [-0.39, 0.29) is 23.9 Å². The van der Waals surface area contributed by atoms with Gasteiger partial charge in [0, 0.05) is 58.2 Å². The summed E-state index contributed by atoms with van der Waals surface area (Å²) in [7, 11) is 0. The summed E-state index contributed by atoms with van der Waals surface area (Å²) in [5, 5.41) is 0. The van der Waals surface area contributed by atoms with Crippen LogP contribution in [0, 0.1) is 11.8 Å². The lowest BCUT2D eigenvalue weighted by Crippen LogP contribution is -2.51. The van der Waals surface area contributed by atoms with Crippen molar-refractivity contribution >= 4 is 17.8 Å². The molecule has 0 aromatic carbocycles. The highest BCUT2D eigenvalue weighted by molar-refractivity contribution is 5.81. The van der Waals surface area contributed by atoms with E-state index in [4.69, 9.17) is 14.2 Å². The molecule has 1 heterocycles. The number of hydrogen-bond donors (Lipinski definition) is 0. The molecule has 0 aliphatic carbocycles. The maximum absolute atomic E-state index is 13.0. The zero-order chi connectivity index (χ0) is 39.9. The number of unbranched alkanes of at least 4 members (excludes halogenated alkanes) is 10. The first kappa shape index (κ1) is 50.3. The van der Waals surface area contributed by atoms with E-state index in [0.717, 1.165) is 129 Å². The highest BCUT2D eigenvalue weighted by atomic mass is 16.6. The Labute approximate surface area is 333 Å². The Hall–Kier alpha value is -1.71. The number of ketones is 1. The van der Waals surface area contributed by atoms with Crippen LogP contribution in [-0.2, 0) is 23.8 Å². The first-order valence-electron chi connectivity index (χ1n) is 22.7. The number of carbonyl (C=O) groups is 3. The first-order valence-corrected chi connectivity index (χ1v) is 22.7. The molecular weight excluding hydrogens is 679 g/mol. The van der Waals surface area contributed by atoms with Crippen LogP contribution in [0.5, 0.6) is 0 Å². The highest BCUT2D eigenvalue weighted by Gasteiger charge is 2.26. The number of rotatable bonds is 34. The molecule has 1 saturated heterocycles. The van der Waals surface area contributed by atoms with Crippen molar-refractivity contribution in [3.63, 3.8) is 0 Å². The molecule has 1 aliphatic heterocycles. The monoisotopic (exact) mass is 766 g/mol. The molecule has 0 aromatic heterocycles. The molecule has 1 fully saturated rings. The van der Waals surface area contributed by atoms with Gasteiger partial charge in [0.25, 0.3) is 0 Å². The van der Waals surface area contributed by atoms with Crippen molar-refractivity contribution in [3.05, 3.63) is 0 Å². The summed E-state index contributed by atoms with van der Waals surface area (Å²) < 4.78 is 17.4. The van der Waals surface area contributed by atoms with Crippen molar-refractivity contribution in [2.75, 3.05) is 72.2 Å². The van der Waals surface area contributed by atoms with Crippen molar-refractivity contribution in [2.24, 2.45) is 11.8 Å². The summed E-state index contributed by atoms with van der Waals surface area (Å²) in [5.74, 6) is 0.660. The van der Waals surface area contributed by atoms with Crippen LogP contribution in [0.15, 0.2) is 0 Å². The Morgan fingerprint density at radius 1 is 0.593 bits per heavy atom. The lowest BCUT2D eigenvalue weighted by Gasteiger charge is -2.36. The maximum atomic E-state index is 13.0. The Bertz CT molecular complexity index is 933. The van der Waals surface area contributed by atoms with E-state index in [2.05, 4.69) is 37.5 Å². The van der Waals surface area contributed by atoms with Gasteiger partial charge in [-0.3, -0.25) is 14.5 Å². The number of amides is 1. The van der Waals surface area contributed by atoms with Gasteiger partial charge in [-0.15, -0.1) is 0 Å². The molecule has 318 valence electrons. The van der Waals surface area contributed by atoms with Gasteiger partial charge in [0.05, 0.1) is 19.1 Å². The van der Waals surface area contributed by atoms with Crippen molar-refractivity contribution in [2.45, 2.75) is 189 Å². The second kappa shape index (κ2) is 32.4. The molecule has 2 unspecified atom stereocenters. The Balaban J connectivity index is 2.54. The van der Waals surface area contributed by atoms with Gasteiger partial charge in [0.2, 0.25) is 0 Å². The Kier molecular flexibility index (Phi) is 30.2. The third kappa shape index (κ3) is 26.2. The van der Waals surface area contributed by atoms with E-state index >= 15 is 0 Å². The summed E-state index contributed by atoms with van der Waals surface area (Å²) in [4.78, 5) is 45.3. The topological polar surface area (TPSA) is 88.6 Å². The molecule has 1 amide bonds. The fourth-order valence-electron chi connectivity index (χ4n) is 7.23. The largest absolute Gasteiger partial charge is 0.465 e. The predicted molar refractivity (Wildman–Crippen MR) is 224 cm³/mol. The van der Waals surface area contributed by atoms with Crippen LogP contribution in [0.1, 0.15) is 183 Å². The summed E-state index contributed by atoms with van der Waals surface area (Å²) in [6.45, 7) is 23.3. The number of Topliss-reactive ketones (excluding diaryl/α,β-unsaturated/α-hetero) is 1. The zero-order valence-electron chi connectivity index (χ0n) is 36.6. The van der Waals surface area contributed by atoms with Gasteiger partial charge in [-0.25, -0.2) is 4.79 Å².